The molecule has 0 spiro atoms. The highest BCUT2D eigenvalue weighted by Gasteiger charge is 2.19. The van der Waals surface area contributed by atoms with Gasteiger partial charge in [0.1, 0.15) is 19.3 Å². The first-order valence-corrected chi connectivity index (χ1v) is 8.82. The molecular formula is C20H18N4O4. The van der Waals surface area contributed by atoms with Gasteiger partial charge in [0, 0.05) is 35.8 Å². The summed E-state index contributed by atoms with van der Waals surface area (Å²) in [6, 6.07) is 11.0. The normalized spacial score (nSPS) is 13.6. The van der Waals surface area contributed by atoms with Crippen LogP contribution in [0.2, 0.25) is 0 Å². The van der Waals surface area contributed by atoms with Crippen LogP contribution < -0.4 is 20.3 Å². The van der Waals surface area contributed by atoms with Gasteiger partial charge >= 0.3 is 0 Å². The third kappa shape index (κ3) is 3.57. The lowest BCUT2D eigenvalue weighted by Gasteiger charge is -2.20. The number of fused-ring (bicyclic) bond motifs is 1. The number of hydrogen-bond acceptors (Lipinski definition) is 6. The first kappa shape index (κ1) is 17.7. The van der Waals surface area contributed by atoms with Crippen LogP contribution in [0.25, 0.3) is 11.3 Å². The maximum atomic E-state index is 12.7. The molecule has 1 aliphatic rings. The fourth-order valence-corrected chi connectivity index (χ4v) is 2.86. The predicted octanol–water partition coefficient (Wildman–Crippen LogP) is 2.28. The lowest BCUT2D eigenvalue weighted by molar-refractivity contribution is -0.119. The lowest BCUT2D eigenvalue weighted by atomic mass is 10.2. The van der Waals surface area contributed by atoms with E-state index < -0.39 is 6.04 Å². The van der Waals surface area contributed by atoms with Gasteiger partial charge in [0.05, 0.1) is 5.69 Å². The number of ether oxygens (including phenoxy) is 2. The zero-order chi connectivity index (χ0) is 19.5. The second-order valence-electron chi connectivity index (χ2n) is 6.26. The Kier molecular flexibility index (Phi) is 4.76. The van der Waals surface area contributed by atoms with E-state index in [1.807, 2.05) is 0 Å². The van der Waals surface area contributed by atoms with Crippen LogP contribution in [0.4, 0.5) is 5.69 Å². The van der Waals surface area contributed by atoms with Gasteiger partial charge in [-0.3, -0.25) is 14.6 Å². The number of nitrogens with one attached hydrogen (secondary N) is 1. The molecule has 0 fully saturated rings. The quantitative estimate of drug-likeness (QED) is 0.748. The molecule has 0 aliphatic carbocycles. The molecule has 3 heterocycles. The fraction of sp³-hybridized carbons (Fsp3) is 0.200. The first-order chi connectivity index (χ1) is 13.6. The van der Waals surface area contributed by atoms with E-state index in [1.54, 1.807) is 55.7 Å². The molecule has 8 heteroatoms. The third-order valence-electron chi connectivity index (χ3n) is 4.36. The largest absolute Gasteiger partial charge is 0.486 e. The van der Waals surface area contributed by atoms with Crippen LogP contribution in [0.1, 0.15) is 13.0 Å². The SMILES string of the molecule is CC(C(=O)Nc1ccc2c(c1)OCCO2)n1nc(-c2ccncc2)ccc1=O. The maximum absolute atomic E-state index is 12.7. The molecule has 1 amide bonds. The second kappa shape index (κ2) is 7.51. The number of rotatable bonds is 4. The smallest absolute Gasteiger partial charge is 0.267 e. The van der Waals surface area contributed by atoms with Gasteiger partial charge in [-0.1, -0.05) is 0 Å². The summed E-state index contributed by atoms with van der Waals surface area (Å²) in [5.74, 6) is 0.852. The minimum Gasteiger partial charge on any atom is -0.486 e. The zero-order valence-electron chi connectivity index (χ0n) is 15.2. The zero-order valence-corrected chi connectivity index (χ0v) is 15.2. The van der Waals surface area contributed by atoms with E-state index in [1.165, 1.54) is 10.7 Å². The number of aromatic nitrogens is 3. The molecule has 0 saturated carbocycles. The van der Waals surface area contributed by atoms with Gasteiger partial charge in [0.2, 0.25) is 5.91 Å². The summed E-state index contributed by atoms with van der Waals surface area (Å²) in [6.07, 6.45) is 3.29. The summed E-state index contributed by atoms with van der Waals surface area (Å²) in [6.45, 7) is 2.58. The monoisotopic (exact) mass is 378 g/mol. The van der Waals surface area contributed by atoms with Crippen LogP contribution in [0.3, 0.4) is 0 Å². The average Bonchev–Trinajstić information content (AvgIpc) is 2.74. The van der Waals surface area contributed by atoms with Crippen molar-refractivity contribution in [2.24, 2.45) is 0 Å². The summed E-state index contributed by atoms with van der Waals surface area (Å²) in [5.41, 5.74) is 1.59. The number of nitrogens with zero attached hydrogens (tertiary/aromatic N) is 3. The number of carbonyl (C=O) groups is 1. The first-order valence-electron chi connectivity index (χ1n) is 8.82. The Labute approximate surface area is 160 Å². The van der Waals surface area contributed by atoms with E-state index in [0.717, 1.165) is 5.56 Å². The molecule has 28 heavy (non-hydrogen) atoms. The number of pyridine rings is 1. The van der Waals surface area contributed by atoms with Crippen LogP contribution in [0.15, 0.2) is 59.7 Å². The van der Waals surface area contributed by atoms with Crippen molar-refractivity contribution in [3.8, 4) is 22.8 Å². The summed E-state index contributed by atoms with van der Waals surface area (Å²) >= 11 is 0. The molecule has 0 bridgehead atoms. The van der Waals surface area contributed by atoms with Crippen molar-refractivity contribution in [2.75, 3.05) is 18.5 Å². The Morgan fingerprint density at radius 2 is 1.82 bits per heavy atom. The highest BCUT2D eigenvalue weighted by atomic mass is 16.6. The van der Waals surface area contributed by atoms with Crippen molar-refractivity contribution in [2.45, 2.75) is 13.0 Å². The maximum Gasteiger partial charge on any atom is 0.267 e. The Morgan fingerprint density at radius 1 is 1.07 bits per heavy atom. The molecule has 1 N–H and O–H groups in total. The molecule has 8 nitrogen and oxygen atoms in total. The topological polar surface area (TPSA) is 95.3 Å². The van der Waals surface area contributed by atoms with Gasteiger partial charge in [-0.2, -0.15) is 5.10 Å². The summed E-state index contributed by atoms with van der Waals surface area (Å²) < 4.78 is 12.2. The van der Waals surface area contributed by atoms with Crippen molar-refractivity contribution in [3.63, 3.8) is 0 Å². The number of amides is 1. The lowest BCUT2D eigenvalue weighted by Crippen LogP contribution is -2.33. The minimum atomic E-state index is -0.803. The summed E-state index contributed by atoms with van der Waals surface area (Å²) in [7, 11) is 0. The standard InChI is InChI=1S/C20H18N4O4/c1-13(20(26)22-15-2-4-17-18(12-15)28-11-10-27-17)24-19(25)5-3-16(23-24)14-6-8-21-9-7-14/h2-9,12-13H,10-11H2,1H3,(H,22,26). The molecule has 4 rings (SSSR count). The van der Waals surface area contributed by atoms with E-state index in [9.17, 15) is 9.59 Å². The Hall–Kier alpha value is -3.68. The van der Waals surface area contributed by atoms with Gasteiger partial charge in [-0.25, -0.2) is 4.68 Å². The number of carbonyl (C=O) groups excluding carboxylic acids is 1. The number of anilines is 1. The highest BCUT2D eigenvalue weighted by molar-refractivity contribution is 5.93. The molecule has 0 radical (unpaired) electrons. The van der Waals surface area contributed by atoms with Gasteiger partial charge in [-0.05, 0) is 37.3 Å². The van der Waals surface area contributed by atoms with E-state index in [4.69, 9.17) is 9.47 Å². The second-order valence-corrected chi connectivity index (χ2v) is 6.26. The van der Waals surface area contributed by atoms with Gasteiger partial charge in [0.25, 0.3) is 5.56 Å². The molecular weight excluding hydrogens is 360 g/mol. The van der Waals surface area contributed by atoms with Crippen LogP contribution in [0.5, 0.6) is 11.5 Å². The minimum absolute atomic E-state index is 0.359. The number of benzene rings is 1. The molecule has 1 atom stereocenters. The number of hydrogen-bond donors (Lipinski definition) is 1. The van der Waals surface area contributed by atoms with Crippen LogP contribution in [-0.4, -0.2) is 33.9 Å². The van der Waals surface area contributed by atoms with Crippen molar-refractivity contribution < 1.29 is 14.3 Å². The van der Waals surface area contributed by atoms with E-state index >= 15 is 0 Å². The molecule has 1 unspecified atom stereocenters. The van der Waals surface area contributed by atoms with Crippen molar-refractivity contribution in [1.29, 1.82) is 0 Å². The van der Waals surface area contributed by atoms with E-state index in [-0.39, 0.29) is 11.5 Å². The van der Waals surface area contributed by atoms with Gasteiger partial charge < -0.3 is 14.8 Å². The van der Waals surface area contributed by atoms with Crippen molar-refractivity contribution in [3.05, 3.63) is 65.2 Å². The van der Waals surface area contributed by atoms with Crippen LogP contribution in [0, 0.1) is 0 Å². The van der Waals surface area contributed by atoms with E-state index in [0.29, 0.717) is 36.1 Å². The highest BCUT2D eigenvalue weighted by Crippen LogP contribution is 2.32. The molecule has 1 aliphatic heterocycles. The molecule has 3 aromatic rings. The third-order valence-corrected chi connectivity index (χ3v) is 4.36. The molecule has 142 valence electrons. The van der Waals surface area contributed by atoms with Crippen LogP contribution >= 0.6 is 0 Å². The Morgan fingerprint density at radius 3 is 2.61 bits per heavy atom. The predicted molar refractivity (Wildman–Crippen MR) is 103 cm³/mol. The van der Waals surface area contributed by atoms with Crippen molar-refractivity contribution >= 4 is 11.6 Å². The average molecular weight is 378 g/mol. The summed E-state index contributed by atoms with van der Waals surface area (Å²) in [5, 5.41) is 7.14. The van der Waals surface area contributed by atoms with Crippen molar-refractivity contribution in [1.82, 2.24) is 14.8 Å². The molecule has 2 aromatic heterocycles. The van der Waals surface area contributed by atoms with Gasteiger partial charge in [0.15, 0.2) is 11.5 Å². The summed E-state index contributed by atoms with van der Waals surface area (Å²) in [4.78, 5) is 28.9. The Bertz CT molecular complexity index is 1070. The van der Waals surface area contributed by atoms with Crippen LogP contribution in [-0.2, 0) is 4.79 Å². The molecule has 1 aromatic carbocycles. The molecule has 0 saturated heterocycles. The van der Waals surface area contributed by atoms with Gasteiger partial charge in [-0.15, -0.1) is 0 Å². The fourth-order valence-electron chi connectivity index (χ4n) is 2.86. The van der Waals surface area contributed by atoms with E-state index in [2.05, 4.69) is 15.4 Å². The Balaban J connectivity index is 1.56.